The van der Waals surface area contributed by atoms with Crippen LogP contribution in [0.15, 0.2) is 53.6 Å². The van der Waals surface area contributed by atoms with E-state index in [1.165, 1.54) is 29.4 Å². The van der Waals surface area contributed by atoms with Crippen molar-refractivity contribution in [3.05, 3.63) is 70.3 Å². The molecule has 1 aromatic carbocycles. The zero-order valence-corrected chi connectivity index (χ0v) is 16.1. The highest BCUT2D eigenvalue weighted by atomic mass is 16.5. The Bertz CT molecular complexity index is 707. The fraction of sp³-hybridized carbons (Fsp3) is 0.435. The Labute approximate surface area is 152 Å². The number of benzene rings is 1. The summed E-state index contributed by atoms with van der Waals surface area (Å²) in [6, 6.07) is 6.71. The van der Waals surface area contributed by atoms with Gasteiger partial charge >= 0.3 is 5.97 Å². The molecule has 2 unspecified atom stereocenters. The second-order valence-electron chi connectivity index (χ2n) is 6.82. The first kappa shape index (κ1) is 19.2. The van der Waals surface area contributed by atoms with Gasteiger partial charge in [-0.15, -0.1) is 0 Å². The molecule has 0 spiro atoms. The van der Waals surface area contributed by atoms with E-state index in [1.54, 1.807) is 0 Å². The normalized spacial score (nSPS) is 20.4. The number of aryl methyl sites for hydroxylation is 2. The lowest BCUT2D eigenvalue weighted by atomic mass is 9.76. The topological polar surface area (TPSA) is 26.3 Å². The summed E-state index contributed by atoms with van der Waals surface area (Å²) in [4.78, 5) is 11.9. The SMILES string of the molecule is CCc1ccc(C)cc1CC=CC1=CC=C(C(=O)OC)C(C)C1CC. The summed E-state index contributed by atoms with van der Waals surface area (Å²) in [6.45, 7) is 8.64. The first-order valence-corrected chi connectivity index (χ1v) is 9.26. The van der Waals surface area contributed by atoms with Crippen LogP contribution in [-0.2, 0) is 22.4 Å². The summed E-state index contributed by atoms with van der Waals surface area (Å²) in [5, 5.41) is 0. The van der Waals surface area contributed by atoms with Gasteiger partial charge in [0.15, 0.2) is 0 Å². The van der Waals surface area contributed by atoms with Crippen molar-refractivity contribution in [3.63, 3.8) is 0 Å². The lowest BCUT2D eigenvalue weighted by molar-refractivity contribution is -0.136. The molecule has 0 saturated carbocycles. The molecule has 2 nitrogen and oxygen atoms in total. The minimum atomic E-state index is -0.211. The molecule has 25 heavy (non-hydrogen) atoms. The number of esters is 1. The van der Waals surface area contributed by atoms with Gasteiger partial charge in [0, 0.05) is 5.57 Å². The Balaban J connectivity index is 2.19. The standard InChI is InChI=1S/C23H30O2/c1-6-18-12-11-16(3)15-20(18)10-8-9-19-13-14-22(23(24)25-5)17(4)21(19)7-2/h8-9,11-15,17,21H,6-7,10H2,1-5H3. The maximum Gasteiger partial charge on any atom is 0.334 e. The highest BCUT2D eigenvalue weighted by molar-refractivity contribution is 5.89. The first-order valence-electron chi connectivity index (χ1n) is 9.26. The number of methoxy groups -OCH3 is 1. The van der Waals surface area contributed by atoms with Crippen LogP contribution < -0.4 is 0 Å². The fourth-order valence-electron chi connectivity index (χ4n) is 3.72. The molecule has 1 aromatic rings. The highest BCUT2D eigenvalue weighted by Gasteiger charge is 2.28. The van der Waals surface area contributed by atoms with Crippen LogP contribution in [0.2, 0.25) is 0 Å². The Hall–Kier alpha value is -2.09. The van der Waals surface area contributed by atoms with Crippen LogP contribution in [-0.4, -0.2) is 13.1 Å². The maximum atomic E-state index is 11.9. The minimum Gasteiger partial charge on any atom is -0.466 e. The van der Waals surface area contributed by atoms with E-state index in [-0.39, 0.29) is 11.9 Å². The molecule has 0 amide bonds. The van der Waals surface area contributed by atoms with E-state index in [4.69, 9.17) is 4.74 Å². The van der Waals surface area contributed by atoms with Gasteiger partial charge in [-0.2, -0.15) is 0 Å². The average Bonchev–Trinajstić information content (AvgIpc) is 2.61. The summed E-state index contributed by atoms with van der Waals surface area (Å²) in [6.07, 6.45) is 11.5. The Morgan fingerprint density at radius 3 is 2.60 bits per heavy atom. The largest absolute Gasteiger partial charge is 0.466 e. The van der Waals surface area contributed by atoms with Crippen LogP contribution >= 0.6 is 0 Å². The van der Waals surface area contributed by atoms with Gasteiger partial charge in [-0.25, -0.2) is 4.79 Å². The average molecular weight is 338 g/mol. The summed E-state index contributed by atoms with van der Waals surface area (Å²) >= 11 is 0. The van der Waals surface area contributed by atoms with Crippen LogP contribution in [0.3, 0.4) is 0 Å². The predicted octanol–water partition coefficient (Wildman–Crippen LogP) is 5.36. The Morgan fingerprint density at radius 2 is 1.96 bits per heavy atom. The van der Waals surface area contributed by atoms with Gasteiger partial charge in [0.25, 0.3) is 0 Å². The summed E-state index contributed by atoms with van der Waals surface area (Å²) in [5.74, 6) is 0.336. The van der Waals surface area contributed by atoms with E-state index in [9.17, 15) is 4.79 Å². The molecule has 2 rings (SSSR count). The Kier molecular flexibility index (Phi) is 6.81. The molecule has 0 fully saturated rings. The second kappa shape index (κ2) is 8.84. The van der Waals surface area contributed by atoms with Crippen LogP contribution in [0.5, 0.6) is 0 Å². The lowest BCUT2D eigenvalue weighted by Gasteiger charge is -2.28. The van der Waals surface area contributed by atoms with E-state index in [0.29, 0.717) is 5.92 Å². The summed E-state index contributed by atoms with van der Waals surface area (Å²) < 4.78 is 4.91. The molecular weight excluding hydrogens is 308 g/mol. The highest BCUT2D eigenvalue weighted by Crippen LogP contribution is 2.34. The first-order chi connectivity index (χ1) is 12.0. The van der Waals surface area contributed by atoms with E-state index in [1.807, 2.05) is 6.08 Å². The minimum absolute atomic E-state index is 0.187. The number of ether oxygens (including phenoxy) is 1. The molecule has 2 atom stereocenters. The summed E-state index contributed by atoms with van der Waals surface area (Å²) in [7, 11) is 1.45. The number of carbonyl (C=O) groups excluding carboxylic acids is 1. The van der Waals surface area contributed by atoms with Crippen molar-refractivity contribution in [2.45, 2.75) is 47.0 Å². The van der Waals surface area contributed by atoms with Gasteiger partial charge in [-0.3, -0.25) is 0 Å². The van der Waals surface area contributed by atoms with Crippen molar-refractivity contribution in [2.24, 2.45) is 11.8 Å². The fourth-order valence-corrected chi connectivity index (χ4v) is 3.72. The van der Waals surface area contributed by atoms with E-state index >= 15 is 0 Å². The van der Waals surface area contributed by atoms with Crippen LogP contribution in [0.4, 0.5) is 0 Å². The zero-order valence-electron chi connectivity index (χ0n) is 16.1. The third-order valence-corrected chi connectivity index (χ3v) is 5.23. The maximum absolute atomic E-state index is 11.9. The third kappa shape index (κ3) is 4.50. The van der Waals surface area contributed by atoms with Crippen molar-refractivity contribution >= 4 is 5.97 Å². The number of carbonyl (C=O) groups is 1. The summed E-state index contributed by atoms with van der Waals surface area (Å²) in [5.41, 5.74) is 6.21. The van der Waals surface area contributed by atoms with Gasteiger partial charge < -0.3 is 4.74 Å². The smallest absolute Gasteiger partial charge is 0.334 e. The molecule has 0 aliphatic heterocycles. The predicted molar refractivity (Wildman–Crippen MR) is 105 cm³/mol. The number of rotatable bonds is 6. The lowest BCUT2D eigenvalue weighted by Crippen LogP contribution is -2.23. The van der Waals surface area contributed by atoms with Crippen molar-refractivity contribution in [3.8, 4) is 0 Å². The van der Waals surface area contributed by atoms with Gasteiger partial charge in [0.1, 0.15) is 0 Å². The van der Waals surface area contributed by atoms with Gasteiger partial charge in [0.05, 0.1) is 7.11 Å². The van der Waals surface area contributed by atoms with Gasteiger partial charge in [0.2, 0.25) is 0 Å². The molecule has 0 bridgehead atoms. The number of hydrogen-bond donors (Lipinski definition) is 0. The molecular formula is C23H30O2. The monoisotopic (exact) mass is 338 g/mol. The third-order valence-electron chi connectivity index (χ3n) is 5.23. The Morgan fingerprint density at radius 1 is 1.20 bits per heavy atom. The molecule has 0 N–H and O–H groups in total. The van der Waals surface area contributed by atoms with Crippen LogP contribution in [0.1, 0.15) is 43.9 Å². The molecule has 0 saturated heterocycles. The van der Waals surface area contributed by atoms with E-state index < -0.39 is 0 Å². The second-order valence-corrected chi connectivity index (χ2v) is 6.82. The van der Waals surface area contributed by atoms with E-state index in [0.717, 1.165) is 24.8 Å². The molecule has 134 valence electrons. The molecule has 0 heterocycles. The number of hydrogen-bond acceptors (Lipinski definition) is 2. The van der Waals surface area contributed by atoms with Crippen molar-refractivity contribution in [2.75, 3.05) is 7.11 Å². The van der Waals surface area contributed by atoms with E-state index in [2.05, 4.69) is 64.1 Å². The van der Waals surface area contributed by atoms with Crippen molar-refractivity contribution in [1.29, 1.82) is 0 Å². The molecule has 0 aromatic heterocycles. The molecule has 1 aliphatic rings. The van der Waals surface area contributed by atoms with Gasteiger partial charge in [-0.05, 0) is 54.7 Å². The van der Waals surface area contributed by atoms with Crippen LogP contribution in [0.25, 0.3) is 0 Å². The molecule has 1 aliphatic carbocycles. The number of allylic oxidation sites excluding steroid dienone is 5. The van der Waals surface area contributed by atoms with Crippen molar-refractivity contribution in [1.82, 2.24) is 0 Å². The van der Waals surface area contributed by atoms with Crippen LogP contribution in [0, 0.1) is 18.8 Å². The van der Waals surface area contributed by atoms with Crippen molar-refractivity contribution < 1.29 is 9.53 Å². The molecule has 2 heteroatoms. The molecule has 0 radical (unpaired) electrons. The van der Waals surface area contributed by atoms with Gasteiger partial charge in [-0.1, -0.05) is 68.8 Å². The quantitative estimate of drug-likeness (QED) is 0.653. The zero-order chi connectivity index (χ0) is 18.4.